The van der Waals surface area contributed by atoms with Crippen molar-refractivity contribution in [3.05, 3.63) is 29.8 Å². The molecule has 0 heterocycles. The van der Waals surface area contributed by atoms with Gasteiger partial charge in [0.2, 0.25) is 0 Å². The zero-order valence-corrected chi connectivity index (χ0v) is 16.8. The summed E-state index contributed by atoms with van der Waals surface area (Å²) in [6.07, 6.45) is 1.17. The Bertz CT molecular complexity index is 625. The number of rotatable bonds is 7. The minimum atomic E-state index is -3.04. The first-order chi connectivity index (χ1) is 10.7. The highest BCUT2D eigenvalue weighted by Crippen LogP contribution is 2.15. The first-order valence-corrected chi connectivity index (χ1v) is 8.90. The Kier molecular flexibility index (Phi) is 10.1. The summed E-state index contributed by atoms with van der Waals surface area (Å²) < 4.78 is 50.7. The van der Waals surface area contributed by atoms with Crippen LogP contribution in [0.25, 0.3) is 0 Å². The van der Waals surface area contributed by atoms with Gasteiger partial charge in [0.05, 0.1) is 5.75 Å². The molecule has 1 aromatic rings. The van der Waals surface area contributed by atoms with E-state index in [0.29, 0.717) is 12.5 Å². The fourth-order valence-corrected chi connectivity index (χ4v) is 2.33. The van der Waals surface area contributed by atoms with E-state index in [1.54, 1.807) is 31.1 Å². The maximum absolute atomic E-state index is 12.1. The van der Waals surface area contributed by atoms with Crippen molar-refractivity contribution in [2.24, 2.45) is 4.99 Å². The first-order valence-electron chi connectivity index (χ1n) is 6.84. The van der Waals surface area contributed by atoms with Gasteiger partial charge in [-0.25, -0.2) is 8.42 Å². The summed E-state index contributed by atoms with van der Waals surface area (Å²) in [5, 5.41) is 2.96. The van der Waals surface area contributed by atoms with Crippen LogP contribution in [-0.2, 0) is 16.4 Å². The molecule has 0 spiro atoms. The molecule has 10 heteroatoms. The second-order valence-electron chi connectivity index (χ2n) is 4.98. The van der Waals surface area contributed by atoms with Crippen molar-refractivity contribution in [1.29, 1.82) is 0 Å². The predicted octanol–water partition coefficient (Wildman–Crippen LogP) is 1.96. The van der Waals surface area contributed by atoms with E-state index in [-0.39, 0.29) is 42.0 Å². The fourth-order valence-electron chi connectivity index (χ4n) is 1.86. The van der Waals surface area contributed by atoms with Crippen molar-refractivity contribution in [2.75, 3.05) is 32.6 Å². The van der Waals surface area contributed by atoms with Crippen molar-refractivity contribution in [2.45, 2.75) is 13.2 Å². The van der Waals surface area contributed by atoms with E-state index in [1.807, 2.05) is 0 Å². The van der Waals surface area contributed by atoms with Gasteiger partial charge in [-0.15, -0.1) is 24.0 Å². The highest BCUT2D eigenvalue weighted by molar-refractivity contribution is 14.0. The van der Waals surface area contributed by atoms with Gasteiger partial charge >= 0.3 is 6.61 Å². The largest absolute Gasteiger partial charge is 0.435 e. The van der Waals surface area contributed by atoms with Crippen molar-refractivity contribution >= 4 is 39.8 Å². The second-order valence-corrected chi connectivity index (χ2v) is 7.24. The third-order valence-corrected chi connectivity index (χ3v) is 3.84. The van der Waals surface area contributed by atoms with Crippen LogP contribution in [0.15, 0.2) is 29.3 Å². The fraction of sp³-hybridized carbons (Fsp3) is 0.500. The van der Waals surface area contributed by atoms with Crippen LogP contribution in [-0.4, -0.2) is 58.5 Å². The number of alkyl halides is 2. The van der Waals surface area contributed by atoms with Crippen LogP contribution in [0.4, 0.5) is 8.78 Å². The number of hydrogen-bond acceptors (Lipinski definition) is 4. The molecule has 0 aliphatic rings. The molecule has 0 aliphatic heterocycles. The number of nitrogens with one attached hydrogen (secondary N) is 1. The number of benzene rings is 1. The lowest BCUT2D eigenvalue weighted by Crippen LogP contribution is -2.40. The Morgan fingerprint density at radius 1 is 1.33 bits per heavy atom. The van der Waals surface area contributed by atoms with Crippen LogP contribution in [0.3, 0.4) is 0 Å². The SMILES string of the molecule is CN=C(NCCS(C)(=O)=O)N(C)Cc1ccc(OC(F)F)cc1.I. The van der Waals surface area contributed by atoms with Gasteiger partial charge in [-0.05, 0) is 17.7 Å². The number of hydrogen-bond donors (Lipinski definition) is 1. The van der Waals surface area contributed by atoms with E-state index in [9.17, 15) is 17.2 Å². The summed E-state index contributed by atoms with van der Waals surface area (Å²) >= 11 is 0. The van der Waals surface area contributed by atoms with Crippen LogP contribution in [0.5, 0.6) is 5.75 Å². The molecular weight excluding hydrogens is 455 g/mol. The molecule has 0 atom stereocenters. The van der Waals surface area contributed by atoms with Crippen LogP contribution in [0.2, 0.25) is 0 Å². The average Bonchev–Trinajstić information content (AvgIpc) is 2.44. The molecule has 0 amide bonds. The molecular formula is C14H22F2IN3O3S. The lowest BCUT2D eigenvalue weighted by Gasteiger charge is -2.22. The maximum Gasteiger partial charge on any atom is 0.387 e. The molecule has 0 aliphatic carbocycles. The Morgan fingerprint density at radius 2 is 1.92 bits per heavy atom. The zero-order chi connectivity index (χ0) is 17.5. The quantitative estimate of drug-likeness (QED) is 0.370. The van der Waals surface area contributed by atoms with E-state index < -0.39 is 16.4 Å². The van der Waals surface area contributed by atoms with Crippen LogP contribution in [0.1, 0.15) is 5.56 Å². The molecule has 0 saturated carbocycles. The minimum absolute atomic E-state index is 0. The number of aliphatic imine (C=N–C) groups is 1. The first kappa shape index (κ1) is 22.8. The molecule has 0 bridgehead atoms. The zero-order valence-electron chi connectivity index (χ0n) is 13.7. The summed E-state index contributed by atoms with van der Waals surface area (Å²) in [4.78, 5) is 5.87. The molecule has 1 rings (SSSR count). The molecule has 1 aromatic carbocycles. The summed E-state index contributed by atoms with van der Waals surface area (Å²) in [5.41, 5.74) is 0.875. The monoisotopic (exact) mass is 477 g/mol. The van der Waals surface area contributed by atoms with Crippen molar-refractivity contribution in [3.63, 3.8) is 0 Å². The maximum atomic E-state index is 12.1. The van der Waals surface area contributed by atoms with Gasteiger partial charge in [0.15, 0.2) is 5.96 Å². The standard InChI is InChI=1S/C14H21F2N3O3S.HI/c1-17-14(18-8-9-23(3,20)21)19(2)10-11-4-6-12(7-5-11)22-13(15)16;/h4-7,13H,8-10H2,1-3H3,(H,17,18);1H. The minimum Gasteiger partial charge on any atom is -0.435 e. The van der Waals surface area contributed by atoms with Gasteiger partial charge in [-0.2, -0.15) is 8.78 Å². The second kappa shape index (κ2) is 10.6. The van der Waals surface area contributed by atoms with Gasteiger partial charge < -0.3 is 15.0 Å². The molecule has 0 saturated heterocycles. The summed E-state index contributed by atoms with van der Waals surface area (Å²) in [7, 11) is 0.349. The van der Waals surface area contributed by atoms with Crippen LogP contribution in [0, 0.1) is 0 Å². The summed E-state index contributed by atoms with van der Waals surface area (Å²) in [6.45, 7) is -2.11. The third kappa shape index (κ3) is 9.21. The topological polar surface area (TPSA) is 71.0 Å². The Hall–Kier alpha value is -1.17. The molecule has 0 aromatic heterocycles. The van der Waals surface area contributed by atoms with E-state index in [4.69, 9.17) is 0 Å². The number of sulfone groups is 1. The van der Waals surface area contributed by atoms with Crippen molar-refractivity contribution in [1.82, 2.24) is 10.2 Å². The highest BCUT2D eigenvalue weighted by atomic mass is 127. The van der Waals surface area contributed by atoms with E-state index in [1.165, 1.54) is 18.4 Å². The van der Waals surface area contributed by atoms with Gasteiger partial charge in [-0.1, -0.05) is 12.1 Å². The Labute approximate surface area is 158 Å². The molecule has 0 unspecified atom stereocenters. The summed E-state index contributed by atoms with van der Waals surface area (Å²) in [6, 6.07) is 6.29. The average molecular weight is 477 g/mol. The number of halogens is 3. The van der Waals surface area contributed by atoms with Gasteiger partial charge in [0.25, 0.3) is 0 Å². The van der Waals surface area contributed by atoms with Crippen LogP contribution < -0.4 is 10.1 Å². The third-order valence-electron chi connectivity index (χ3n) is 2.90. The van der Waals surface area contributed by atoms with Gasteiger partial charge in [0.1, 0.15) is 15.6 Å². The predicted molar refractivity (Wildman–Crippen MR) is 101 cm³/mol. The Morgan fingerprint density at radius 3 is 2.38 bits per heavy atom. The number of ether oxygens (including phenoxy) is 1. The van der Waals surface area contributed by atoms with Gasteiger partial charge in [-0.3, -0.25) is 4.99 Å². The van der Waals surface area contributed by atoms with Gasteiger partial charge in [0, 0.05) is 33.4 Å². The molecule has 138 valence electrons. The summed E-state index contributed by atoms with van der Waals surface area (Å²) in [5.74, 6) is 0.656. The highest BCUT2D eigenvalue weighted by Gasteiger charge is 2.09. The van der Waals surface area contributed by atoms with Crippen molar-refractivity contribution < 1.29 is 21.9 Å². The number of guanidine groups is 1. The lowest BCUT2D eigenvalue weighted by atomic mass is 10.2. The molecule has 0 radical (unpaired) electrons. The number of nitrogens with zero attached hydrogens (tertiary/aromatic N) is 2. The van der Waals surface area contributed by atoms with E-state index >= 15 is 0 Å². The molecule has 0 fully saturated rings. The van der Waals surface area contributed by atoms with Crippen LogP contribution >= 0.6 is 24.0 Å². The van der Waals surface area contributed by atoms with E-state index in [0.717, 1.165) is 5.56 Å². The molecule has 1 N–H and O–H groups in total. The lowest BCUT2D eigenvalue weighted by molar-refractivity contribution is -0.0498. The Balaban J connectivity index is 0.00000529. The van der Waals surface area contributed by atoms with Crippen molar-refractivity contribution in [3.8, 4) is 5.75 Å². The van der Waals surface area contributed by atoms with E-state index in [2.05, 4.69) is 15.0 Å². The molecule has 6 nitrogen and oxygen atoms in total. The smallest absolute Gasteiger partial charge is 0.387 e. The molecule has 24 heavy (non-hydrogen) atoms. The normalized spacial score (nSPS) is 11.8.